The van der Waals surface area contributed by atoms with Gasteiger partial charge in [0, 0.05) is 37.1 Å². The number of hydrogen-bond donors (Lipinski definition) is 2. The largest absolute Gasteiger partial charge is 0.381 e. The molecule has 0 saturated heterocycles. The van der Waals surface area contributed by atoms with Crippen molar-refractivity contribution >= 4 is 17.4 Å². The first-order chi connectivity index (χ1) is 11.9. The van der Waals surface area contributed by atoms with Crippen molar-refractivity contribution < 1.29 is 4.79 Å². The fourth-order valence-corrected chi connectivity index (χ4v) is 2.97. The van der Waals surface area contributed by atoms with Gasteiger partial charge in [-0.3, -0.25) is 9.58 Å². The number of benzene rings is 1. The van der Waals surface area contributed by atoms with Crippen LogP contribution in [0.15, 0.2) is 30.6 Å². The second-order valence-corrected chi connectivity index (χ2v) is 7.40. The van der Waals surface area contributed by atoms with E-state index in [0.717, 1.165) is 29.9 Å². The first-order valence-electron chi connectivity index (χ1n) is 8.84. The molecule has 134 valence electrons. The molecule has 25 heavy (non-hydrogen) atoms. The minimum absolute atomic E-state index is 0.0149. The Morgan fingerprint density at radius 3 is 2.80 bits per heavy atom. The number of rotatable bonds is 4. The first-order valence-corrected chi connectivity index (χ1v) is 8.84. The fourth-order valence-electron chi connectivity index (χ4n) is 2.97. The number of anilines is 2. The smallest absolute Gasteiger partial charge is 0.321 e. The van der Waals surface area contributed by atoms with E-state index in [4.69, 9.17) is 0 Å². The minimum Gasteiger partial charge on any atom is -0.381 e. The van der Waals surface area contributed by atoms with Gasteiger partial charge >= 0.3 is 6.03 Å². The fraction of sp³-hybridized carbons (Fsp3) is 0.474. The zero-order chi connectivity index (χ0) is 18.0. The third kappa shape index (κ3) is 3.78. The van der Waals surface area contributed by atoms with Gasteiger partial charge in [-0.25, -0.2) is 4.79 Å². The van der Waals surface area contributed by atoms with Gasteiger partial charge in [-0.1, -0.05) is 6.07 Å². The number of carbonyl (C=O) groups is 1. The van der Waals surface area contributed by atoms with Crippen LogP contribution in [0, 0.1) is 0 Å². The Hall–Kier alpha value is -2.50. The number of urea groups is 1. The summed E-state index contributed by atoms with van der Waals surface area (Å²) in [6, 6.07) is 6.22. The van der Waals surface area contributed by atoms with Crippen LogP contribution in [0.25, 0.3) is 0 Å². The van der Waals surface area contributed by atoms with Crippen LogP contribution in [0.4, 0.5) is 16.2 Å². The summed E-state index contributed by atoms with van der Waals surface area (Å²) in [5.41, 5.74) is 4.35. The number of carbonyl (C=O) groups excluding carboxylic acids is 1. The van der Waals surface area contributed by atoms with Crippen LogP contribution in [-0.4, -0.2) is 28.9 Å². The number of fused-ring (bicyclic) bond motifs is 1. The predicted molar refractivity (Wildman–Crippen MR) is 101 cm³/mol. The molecule has 2 N–H and O–H groups in total. The highest BCUT2D eigenvalue weighted by Crippen LogP contribution is 2.31. The molecule has 0 spiro atoms. The van der Waals surface area contributed by atoms with Crippen molar-refractivity contribution in [1.82, 2.24) is 15.1 Å². The molecular formula is C19H27N5O. The van der Waals surface area contributed by atoms with Gasteiger partial charge in [-0.2, -0.15) is 5.10 Å². The van der Waals surface area contributed by atoms with E-state index in [1.54, 1.807) is 0 Å². The lowest BCUT2D eigenvalue weighted by atomic mass is 10.1. The van der Waals surface area contributed by atoms with Crippen molar-refractivity contribution in [1.29, 1.82) is 0 Å². The van der Waals surface area contributed by atoms with Crippen molar-refractivity contribution in [3.8, 4) is 0 Å². The molecule has 2 amide bonds. The Labute approximate surface area is 149 Å². The predicted octanol–water partition coefficient (Wildman–Crippen LogP) is 3.34. The lowest BCUT2D eigenvalue weighted by Crippen LogP contribution is -2.38. The summed E-state index contributed by atoms with van der Waals surface area (Å²) in [5.74, 6) is 0. The molecular weight excluding hydrogens is 314 g/mol. The topological polar surface area (TPSA) is 62.2 Å². The average molecular weight is 341 g/mol. The molecule has 0 aliphatic carbocycles. The summed E-state index contributed by atoms with van der Waals surface area (Å²) in [6.45, 7) is 10.4. The van der Waals surface area contributed by atoms with E-state index in [0.29, 0.717) is 13.1 Å². The third-order valence-corrected chi connectivity index (χ3v) is 4.37. The van der Waals surface area contributed by atoms with Crippen LogP contribution >= 0.6 is 0 Å². The molecule has 1 aliphatic heterocycles. The first kappa shape index (κ1) is 17.3. The Morgan fingerprint density at radius 2 is 2.12 bits per heavy atom. The molecule has 6 nitrogen and oxygen atoms in total. The number of nitrogens with zero attached hydrogens (tertiary/aromatic N) is 3. The van der Waals surface area contributed by atoms with Crippen LogP contribution in [0.2, 0.25) is 0 Å². The van der Waals surface area contributed by atoms with Gasteiger partial charge in [0.1, 0.15) is 0 Å². The maximum atomic E-state index is 12.2. The van der Waals surface area contributed by atoms with Crippen molar-refractivity contribution in [3.05, 3.63) is 41.7 Å². The lowest BCUT2D eigenvalue weighted by molar-refractivity contribution is 0.247. The van der Waals surface area contributed by atoms with Gasteiger partial charge in [0.05, 0.1) is 17.4 Å². The van der Waals surface area contributed by atoms with Crippen molar-refractivity contribution in [2.24, 2.45) is 0 Å². The van der Waals surface area contributed by atoms with Gasteiger partial charge in [-0.15, -0.1) is 0 Å². The molecule has 2 heterocycles. The molecule has 0 unspecified atom stereocenters. The normalized spacial score (nSPS) is 13.7. The number of aromatic nitrogens is 2. The van der Waals surface area contributed by atoms with Gasteiger partial charge in [0.2, 0.25) is 0 Å². The standard InChI is InChI=1S/C19H27N5O/c1-5-20-18(25)23-9-8-15-6-7-16(10-17(15)23)21-11-14-12-22-24(13-14)19(2,3)4/h6-7,10,12-13,21H,5,8-9,11H2,1-4H3,(H,20,25). The average Bonchev–Trinajstić information content (AvgIpc) is 3.19. The van der Waals surface area contributed by atoms with Crippen LogP contribution in [0.3, 0.4) is 0 Å². The molecule has 1 aromatic heterocycles. The van der Waals surface area contributed by atoms with Crippen molar-refractivity contribution in [2.75, 3.05) is 23.3 Å². The van der Waals surface area contributed by atoms with E-state index < -0.39 is 0 Å². The van der Waals surface area contributed by atoms with E-state index in [1.807, 2.05) is 22.7 Å². The third-order valence-electron chi connectivity index (χ3n) is 4.37. The van der Waals surface area contributed by atoms with E-state index >= 15 is 0 Å². The second-order valence-electron chi connectivity index (χ2n) is 7.40. The van der Waals surface area contributed by atoms with E-state index in [-0.39, 0.29) is 11.6 Å². The molecule has 0 saturated carbocycles. The zero-order valence-electron chi connectivity index (χ0n) is 15.5. The number of hydrogen-bond acceptors (Lipinski definition) is 3. The molecule has 3 rings (SSSR count). The Kier molecular flexibility index (Phi) is 4.70. The molecule has 0 bridgehead atoms. The summed E-state index contributed by atoms with van der Waals surface area (Å²) in [4.78, 5) is 14.0. The number of nitrogens with one attached hydrogen (secondary N) is 2. The Morgan fingerprint density at radius 1 is 1.32 bits per heavy atom. The van der Waals surface area contributed by atoms with Crippen LogP contribution in [0.5, 0.6) is 0 Å². The van der Waals surface area contributed by atoms with E-state index in [9.17, 15) is 4.79 Å². The maximum Gasteiger partial charge on any atom is 0.321 e. The SMILES string of the molecule is CCNC(=O)N1CCc2ccc(NCc3cnn(C(C)(C)C)c3)cc21. The van der Waals surface area contributed by atoms with Crippen molar-refractivity contribution in [3.63, 3.8) is 0 Å². The quantitative estimate of drug-likeness (QED) is 0.896. The molecule has 6 heteroatoms. The van der Waals surface area contributed by atoms with E-state index in [1.165, 1.54) is 5.56 Å². The van der Waals surface area contributed by atoms with Crippen LogP contribution < -0.4 is 15.5 Å². The highest BCUT2D eigenvalue weighted by Gasteiger charge is 2.24. The van der Waals surface area contributed by atoms with Gasteiger partial charge < -0.3 is 10.6 Å². The monoisotopic (exact) mass is 341 g/mol. The van der Waals surface area contributed by atoms with Crippen LogP contribution in [-0.2, 0) is 18.5 Å². The minimum atomic E-state index is -0.0233. The molecule has 0 radical (unpaired) electrons. The summed E-state index contributed by atoms with van der Waals surface area (Å²) in [6.07, 6.45) is 4.87. The molecule has 0 atom stereocenters. The summed E-state index contributed by atoms with van der Waals surface area (Å²) in [7, 11) is 0. The summed E-state index contributed by atoms with van der Waals surface area (Å²) in [5, 5.41) is 10.7. The number of amides is 2. The van der Waals surface area contributed by atoms with Crippen LogP contribution in [0.1, 0.15) is 38.8 Å². The molecule has 1 aromatic carbocycles. The van der Waals surface area contributed by atoms with Gasteiger partial charge in [0.25, 0.3) is 0 Å². The second kappa shape index (κ2) is 6.78. The van der Waals surface area contributed by atoms with Crippen molar-refractivity contribution in [2.45, 2.75) is 46.2 Å². The van der Waals surface area contributed by atoms with E-state index in [2.05, 4.69) is 60.9 Å². The molecule has 0 fully saturated rings. The summed E-state index contributed by atoms with van der Waals surface area (Å²) >= 11 is 0. The highest BCUT2D eigenvalue weighted by molar-refractivity contribution is 5.94. The molecule has 2 aromatic rings. The summed E-state index contributed by atoms with van der Waals surface area (Å²) < 4.78 is 1.98. The highest BCUT2D eigenvalue weighted by atomic mass is 16.2. The maximum absolute atomic E-state index is 12.2. The van der Waals surface area contributed by atoms with Gasteiger partial charge in [0.15, 0.2) is 0 Å². The molecule has 1 aliphatic rings. The van der Waals surface area contributed by atoms with Gasteiger partial charge in [-0.05, 0) is 51.8 Å². The Balaban J connectivity index is 1.69. The zero-order valence-corrected chi connectivity index (χ0v) is 15.5. The lowest BCUT2D eigenvalue weighted by Gasteiger charge is -2.19. The Bertz CT molecular complexity index is 759.